The van der Waals surface area contributed by atoms with Gasteiger partial charge in [0.25, 0.3) is 5.91 Å². The summed E-state index contributed by atoms with van der Waals surface area (Å²) in [5, 5.41) is 4.33. The molecular formula is C16H19N3O4S. The summed E-state index contributed by atoms with van der Waals surface area (Å²) in [5.74, 6) is 0.127. The lowest BCUT2D eigenvalue weighted by Crippen LogP contribution is -2.38. The van der Waals surface area contributed by atoms with E-state index in [9.17, 15) is 13.2 Å². The molecule has 0 aliphatic carbocycles. The minimum atomic E-state index is -3.06. The Morgan fingerprint density at radius 1 is 1.33 bits per heavy atom. The van der Waals surface area contributed by atoms with Gasteiger partial charge in [-0.3, -0.25) is 4.79 Å². The number of sulfone groups is 1. The van der Waals surface area contributed by atoms with Crippen LogP contribution in [0.5, 0.6) is 5.75 Å². The van der Waals surface area contributed by atoms with E-state index in [0.717, 1.165) is 5.69 Å². The Morgan fingerprint density at radius 2 is 2.04 bits per heavy atom. The Bertz CT molecular complexity index is 845. The molecule has 1 aromatic carbocycles. The zero-order valence-corrected chi connectivity index (χ0v) is 14.4. The molecule has 1 atom stereocenters. The number of carbonyl (C=O) groups is 1. The number of amides is 1. The van der Waals surface area contributed by atoms with Gasteiger partial charge in [-0.1, -0.05) is 18.2 Å². The number of aromatic nitrogens is 2. The van der Waals surface area contributed by atoms with E-state index >= 15 is 0 Å². The maximum Gasteiger partial charge on any atom is 0.278 e. The molecule has 24 heavy (non-hydrogen) atoms. The quantitative estimate of drug-likeness (QED) is 0.827. The average Bonchev–Trinajstić information content (AvgIpc) is 3.17. The Kier molecular flexibility index (Phi) is 4.31. The molecule has 1 aromatic heterocycles. The van der Waals surface area contributed by atoms with Gasteiger partial charge in [-0.2, -0.15) is 5.10 Å². The van der Waals surface area contributed by atoms with E-state index in [1.165, 1.54) is 12.0 Å². The fourth-order valence-corrected chi connectivity index (χ4v) is 4.56. The molecule has 1 fully saturated rings. The summed E-state index contributed by atoms with van der Waals surface area (Å²) in [7, 11) is 0.0209. The van der Waals surface area contributed by atoms with Crippen LogP contribution in [-0.2, 0) is 9.84 Å². The first-order chi connectivity index (χ1) is 11.4. The molecule has 1 unspecified atom stereocenters. The van der Waals surface area contributed by atoms with Crippen molar-refractivity contribution >= 4 is 15.7 Å². The van der Waals surface area contributed by atoms with Gasteiger partial charge in [0, 0.05) is 13.1 Å². The van der Waals surface area contributed by atoms with Crippen molar-refractivity contribution in [2.24, 2.45) is 0 Å². The van der Waals surface area contributed by atoms with Crippen LogP contribution in [0.15, 0.2) is 36.5 Å². The highest BCUT2D eigenvalue weighted by Gasteiger charge is 2.34. The molecule has 128 valence electrons. The van der Waals surface area contributed by atoms with Crippen LogP contribution in [0, 0.1) is 0 Å². The summed E-state index contributed by atoms with van der Waals surface area (Å²) in [4.78, 5) is 14.2. The van der Waals surface area contributed by atoms with Crippen molar-refractivity contribution in [3.63, 3.8) is 0 Å². The lowest BCUT2D eigenvalue weighted by Gasteiger charge is -2.22. The maximum absolute atomic E-state index is 12.7. The summed E-state index contributed by atoms with van der Waals surface area (Å²) in [6.45, 7) is 0. The maximum atomic E-state index is 12.7. The molecule has 0 spiro atoms. The molecule has 3 rings (SSSR count). The summed E-state index contributed by atoms with van der Waals surface area (Å²) in [6, 6.07) is 9.06. The highest BCUT2D eigenvalue weighted by Crippen LogP contribution is 2.24. The number of ether oxygens (including phenoxy) is 1. The third-order valence-corrected chi connectivity index (χ3v) is 5.95. The fourth-order valence-electron chi connectivity index (χ4n) is 2.78. The van der Waals surface area contributed by atoms with Gasteiger partial charge in [0.1, 0.15) is 0 Å². The van der Waals surface area contributed by atoms with Crippen molar-refractivity contribution in [3.05, 3.63) is 42.2 Å². The number of benzene rings is 1. The minimum absolute atomic E-state index is 0.00303. The van der Waals surface area contributed by atoms with Crippen LogP contribution in [-0.4, -0.2) is 60.7 Å². The van der Waals surface area contributed by atoms with Crippen LogP contribution in [0.2, 0.25) is 0 Å². The van der Waals surface area contributed by atoms with Crippen molar-refractivity contribution in [2.75, 3.05) is 25.7 Å². The van der Waals surface area contributed by atoms with Crippen LogP contribution in [0.25, 0.3) is 5.69 Å². The molecule has 1 aliphatic heterocycles. The van der Waals surface area contributed by atoms with Crippen molar-refractivity contribution < 1.29 is 17.9 Å². The first kappa shape index (κ1) is 16.5. The van der Waals surface area contributed by atoms with Gasteiger partial charge >= 0.3 is 0 Å². The van der Waals surface area contributed by atoms with Crippen molar-refractivity contribution in [2.45, 2.75) is 12.5 Å². The summed E-state index contributed by atoms with van der Waals surface area (Å²) in [5.41, 5.74) is 0.981. The third-order valence-electron chi connectivity index (χ3n) is 4.20. The zero-order valence-electron chi connectivity index (χ0n) is 13.5. The molecule has 0 N–H and O–H groups in total. The van der Waals surface area contributed by atoms with E-state index in [-0.39, 0.29) is 29.1 Å². The van der Waals surface area contributed by atoms with Crippen molar-refractivity contribution in [3.8, 4) is 11.4 Å². The second kappa shape index (κ2) is 6.27. The molecule has 0 saturated carbocycles. The summed E-state index contributed by atoms with van der Waals surface area (Å²) >= 11 is 0. The van der Waals surface area contributed by atoms with Gasteiger partial charge in [0.2, 0.25) is 0 Å². The first-order valence-electron chi connectivity index (χ1n) is 7.58. The van der Waals surface area contributed by atoms with Gasteiger partial charge < -0.3 is 9.64 Å². The third kappa shape index (κ3) is 3.14. The monoisotopic (exact) mass is 349 g/mol. The summed E-state index contributed by atoms with van der Waals surface area (Å²) < 4.78 is 30.1. The number of hydrogen-bond acceptors (Lipinski definition) is 5. The lowest BCUT2D eigenvalue weighted by atomic mass is 10.2. The van der Waals surface area contributed by atoms with Gasteiger partial charge in [-0.25, -0.2) is 13.1 Å². The van der Waals surface area contributed by atoms with E-state index in [0.29, 0.717) is 12.2 Å². The highest BCUT2D eigenvalue weighted by atomic mass is 32.2. The van der Waals surface area contributed by atoms with Crippen LogP contribution in [0.4, 0.5) is 0 Å². The number of rotatable bonds is 4. The Morgan fingerprint density at radius 3 is 2.62 bits per heavy atom. The van der Waals surface area contributed by atoms with E-state index in [2.05, 4.69) is 5.10 Å². The van der Waals surface area contributed by atoms with Gasteiger partial charge in [-0.05, 0) is 18.6 Å². The highest BCUT2D eigenvalue weighted by molar-refractivity contribution is 7.91. The van der Waals surface area contributed by atoms with Gasteiger partial charge in [0.05, 0.1) is 30.5 Å². The molecule has 1 saturated heterocycles. The molecule has 1 aliphatic rings. The topological polar surface area (TPSA) is 81.5 Å². The fraction of sp³-hybridized carbons (Fsp3) is 0.375. The molecule has 7 nitrogen and oxygen atoms in total. The number of methoxy groups -OCH3 is 1. The number of hydrogen-bond donors (Lipinski definition) is 0. The largest absolute Gasteiger partial charge is 0.493 e. The van der Waals surface area contributed by atoms with E-state index in [4.69, 9.17) is 4.74 Å². The van der Waals surface area contributed by atoms with Crippen LogP contribution < -0.4 is 4.74 Å². The smallest absolute Gasteiger partial charge is 0.278 e. The van der Waals surface area contributed by atoms with Crippen LogP contribution in [0.1, 0.15) is 16.9 Å². The predicted molar refractivity (Wildman–Crippen MR) is 89.3 cm³/mol. The molecule has 8 heteroatoms. The SMILES string of the molecule is COc1cn(-c2ccccc2)nc1C(=O)N(C)C1CCS(=O)(=O)C1. The Hall–Kier alpha value is -2.35. The average molecular weight is 349 g/mol. The summed E-state index contributed by atoms with van der Waals surface area (Å²) in [6.07, 6.45) is 2.09. The normalized spacial score (nSPS) is 19.2. The molecule has 0 radical (unpaired) electrons. The number of carbonyl (C=O) groups excluding carboxylic acids is 1. The van der Waals surface area contributed by atoms with Crippen molar-refractivity contribution in [1.29, 1.82) is 0 Å². The molecule has 2 heterocycles. The van der Waals surface area contributed by atoms with Crippen LogP contribution in [0.3, 0.4) is 0 Å². The zero-order chi connectivity index (χ0) is 17.3. The minimum Gasteiger partial charge on any atom is -0.493 e. The Balaban J connectivity index is 1.88. The number of para-hydroxylation sites is 1. The van der Waals surface area contributed by atoms with E-state index < -0.39 is 9.84 Å². The molecule has 0 bridgehead atoms. The Labute approximate surface area is 140 Å². The molecular weight excluding hydrogens is 330 g/mol. The van der Waals surface area contributed by atoms with Gasteiger partial charge in [-0.15, -0.1) is 0 Å². The second-order valence-corrected chi connectivity index (χ2v) is 8.03. The predicted octanol–water partition coefficient (Wildman–Crippen LogP) is 1.14. The second-order valence-electron chi connectivity index (χ2n) is 5.80. The standard InChI is InChI=1S/C16H19N3O4S/c1-18(13-8-9-24(21,22)11-13)16(20)15-14(23-2)10-19(17-15)12-6-4-3-5-7-12/h3-7,10,13H,8-9,11H2,1-2H3. The van der Waals surface area contributed by atoms with Crippen LogP contribution >= 0.6 is 0 Å². The van der Waals surface area contributed by atoms with E-state index in [1.807, 2.05) is 30.3 Å². The lowest BCUT2D eigenvalue weighted by molar-refractivity contribution is 0.0738. The molecule has 2 aromatic rings. The van der Waals surface area contributed by atoms with Gasteiger partial charge in [0.15, 0.2) is 21.3 Å². The molecule has 1 amide bonds. The first-order valence-corrected chi connectivity index (χ1v) is 9.40. The van der Waals surface area contributed by atoms with Crippen molar-refractivity contribution in [1.82, 2.24) is 14.7 Å². The van der Waals surface area contributed by atoms with E-state index in [1.54, 1.807) is 17.9 Å². The number of nitrogens with zero attached hydrogens (tertiary/aromatic N) is 3.